The second-order valence-electron chi connectivity index (χ2n) is 15.5. The monoisotopic (exact) mass is 787 g/mol. The Morgan fingerprint density at radius 2 is 1.63 bits per heavy atom. The van der Waals surface area contributed by atoms with Crippen molar-refractivity contribution in [1.29, 1.82) is 0 Å². The number of ether oxygens (including phenoxy) is 1. The van der Waals surface area contributed by atoms with Crippen molar-refractivity contribution in [3.05, 3.63) is 113 Å². The van der Waals surface area contributed by atoms with Crippen LogP contribution in [0, 0.1) is 0 Å². The second kappa shape index (κ2) is 16.3. The average Bonchev–Trinajstić information content (AvgIpc) is 3.62. The first-order chi connectivity index (χ1) is 27.3. The standard InChI is InChI=1S/C43H48F3N5O6/c1-3-29-14-8-9-18-33(29)37-42(2,51-34(27-57-41(51)56)30-15-6-4-7-16-30)40(55)50(37)35(38(52)47-26-28-13-12-17-31(25-28)43(44,45)46)36(39(53)54)49-23-19-32(20-24-49)48-21-10-5-11-22-48/h3-4,6-9,12-18,25,32,34-37H,1,5,10-11,19-24,26-27H2,2H3,(H,47,52)(H,53,54)/t34-,35-,36?,37-,42+/m1/s1. The van der Waals surface area contributed by atoms with Gasteiger partial charge in [-0.3, -0.25) is 24.2 Å². The van der Waals surface area contributed by atoms with E-state index in [9.17, 15) is 32.7 Å². The van der Waals surface area contributed by atoms with Crippen molar-refractivity contribution < 1.29 is 42.2 Å². The van der Waals surface area contributed by atoms with Crippen LogP contribution in [0.25, 0.3) is 6.08 Å². The Hall–Kier alpha value is -5.21. The third-order valence-electron chi connectivity index (χ3n) is 12.2. The van der Waals surface area contributed by atoms with Gasteiger partial charge in [0, 0.05) is 25.7 Å². The normalized spacial score (nSPS) is 24.7. The summed E-state index contributed by atoms with van der Waals surface area (Å²) in [6, 6.07) is 16.0. The van der Waals surface area contributed by atoms with Crippen LogP contribution in [-0.4, -0.2) is 105 Å². The van der Waals surface area contributed by atoms with Crippen LogP contribution in [-0.2, 0) is 31.8 Å². The Balaban J connectivity index is 1.30. The van der Waals surface area contributed by atoms with Crippen molar-refractivity contribution in [1.82, 2.24) is 24.9 Å². The summed E-state index contributed by atoms with van der Waals surface area (Å²) in [7, 11) is 0. The van der Waals surface area contributed by atoms with Crippen molar-refractivity contribution in [2.45, 2.75) is 87.5 Å². The van der Waals surface area contributed by atoms with E-state index in [0.717, 1.165) is 43.6 Å². The Kier molecular flexibility index (Phi) is 11.5. The summed E-state index contributed by atoms with van der Waals surface area (Å²) < 4.78 is 46.5. The number of halogens is 3. The molecule has 4 heterocycles. The molecule has 4 fully saturated rings. The highest BCUT2D eigenvalue weighted by atomic mass is 19.4. The van der Waals surface area contributed by atoms with Crippen molar-refractivity contribution in [3.8, 4) is 0 Å². The molecule has 3 amide bonds. The Labute approximate surface area is 330 Å². The number of rotatable bonds is 12. The van der Waals surface area contributed by atoms with Crippen molar-refractivity contribution in [2.75, 3.05) is 32.8 Å². The van der Waals surface area contributed by atoms with Gasteiger partial charge in [0.2, 0.25) is 5.91 Å². The van der Waals surface area contributed by atoms with Gasteiger partial charge < -0.3 is 25.0 Å². The SMILES string of the molecule is C=Cc1ccccc1[C@H]1N([C@@H](C(=O)NCc2cccc(C(F)(F)F)c2)C(C(=O)O)N2CCC(N3CCCCC3)CC2)C(=O)[C@@]1(C)N1C(=O)OC[C@@H]1c1ccccc1. The molecule has 1 unspecified atom stereocenters. The smallest absolute Gasteiger partial charge is 0.416 e. The molecular formula is C43H48F3N5O6. The predicted octanol–water partition coefficient (Wildman–Crippen LogP) is 6.27. The number of β-lactam (4-membered cyclic amide) rings is 1. The van der Waals surface area contributed by atoms with Gasteiger partial charge in [-0.1, -0.05) is 85.8 Å². The number of carboxylic acid groups (broad SMARTS) is 1. The van der Waals surface area contributed by atoms with Gasteiger partial charge in [0.25, 0.3) is 5.91 Å². The maximum Gasteiger partial charge on any atom is 0.416 e. The first-order valence-corrected chi connectivity index (χ1v) is 19.5. The fourth-order valence-corrected chi connectivity index (χ4v) is 9.35. The first-order valence-electron chi connectivity index (χ1n) is 19.5. The number of carboxylic acids is 1. The number of nitrogens with one attached hydrogen (secondary N) is 1. The van der Waals surface area contributed by atoms with E-state index >= 15 is 4.79 Å². The summed E-state index contributed by atoms with van der Waals surface area (Å²) in [5.41, 5.74) is -0.549. The topological polar surface area (TPSA) is 123 Å². The molecule has 4 saturated heterocycles. The summed E-state index contributed by atoms with van der Waals surface area (Å²) in [5, 5.41) is 13.8. The van der Waals surface area contributed by atoms with Crippen LogP contribution in [0.1, 0.15) is 78.9 Å². The number of carbonyl (C=O) groups is 4. The molecule has 302 valence electrons. The number of nitrogens with zero attached hydrogens (tertiary/aromatic N) is 4. The molecule has 4 aliphatic heterocycles. The highest BCUT2D eigenvalue weighted by Gasteiger charge is 2.69. The Morgan fingerprint density at radius 3 is 2.30 bits per heavy atom. The largest absolute Gasteiger partial charge is 0.480 e. The molecule has 0 bridgehead atoms. The molecule has 4 aliphatic rings. The van der Waals surface area contributed by atoms with E-state index in [0.29, 0.717) is 37.1 Å². The van der Waals surface area contributed by atoms with Gasteiger partial charge in [0.15, 0.2) is 0 Å². The van der Waals surface area contributed by atoms with Crippen molar-refractivity contribution in [2.24, 2.45) is 0 Å². The number of cyclic esters (lactones) is 1. The number of amides is 3. The van der Waals surface area contributed by atoms with Crippen LogP contribution in [0.4, 0.5) is 18.0 Å². The van der Waals surface area contributed by atoms with Crippen LogP contribution in [0.3, 0.4) is 0 Å². The number of aliphatic carboxylic acids is 1. The molecule has 5 atom stereocenters. The fourth-order valence-electron chi connectivity index (χ4n) is 9.35. The van der Waals surface area contributed by atoms with E-state index in [1.165, 1.54) is 28.4 Å². The Bertz CT molecular complexity index is 1980. The molecule has 14 heteroatoms. The minimum atomic E-state index is -4.62. The highest BCUT2D eigenvalue weighted by molar-refractivity contribution is 6.02. The number of carbonyl (C=O) groups excluding carboxylic acids is 3. The van der Waals surface area contributed by atoms with Crippen molar-refractivity contribution in [3.63, 3.8) is 0 Å². The highest BCUT2D eigenvalue weighted by Crippen LogP contribution is 2.54. The molecule has 0 radical (unpaired) electrons. The van der Waals surface area contributed by atoms with Crippen LogP contribution >= 0.6 is 0 Å². The number of alkyl halides is 3. The third-order valence-corrected chi connectivity index (χ3v) is 12.2. The number of hydrogen-bond donors (Lipinski definition) is 2. The van der Waals surface area contributed by atoms with Gasteiger partial charge in [-0.2, -0.15) is 13.2 Å². The molecule has 0 aromatic heterocycles. The van der Waals surface area contributed by atoms with Gasteiger partial charge in [0.05, 0.1) is 17.6 Å². The molecule has 0 aliphatic carbocycles. The molecule has 3 aromatic carbocycles. The summed E-state index contributed by atoms with van der Waals surface area (Å²) in [4.78, 5) is 64.0. The fraction of sp³-hybridized carbons (Fsp3) is 0.442. The predicted molar refractivity (Wildman–Crippen MR) is 205 cm³/mol. The second-order valence-corrected chi connectivity index (χ2v) is 15.5. The van der Waals surface area contributed by atoms with E-state index in [4.69, 9.17) is 4.74 Å². The van der Waals surface area contributed by atoms with E-state index in [1.54, 1.807) is 42.2 Å². The maximum absolute atomic E-state index is 15.1. The van der Waals surface area contributed by atoms with Crippen LogP contribution < -0.4 is 5.32 Å². The lowest BCUT2D eigenvalue weighted by atomic mass is 9.71. The van der Waals surface area contributed by atoms with Gasteiger partial charge in [-0.05, 0) is 80.1 Å². The van der Waals surface area contributed by atoms with Crippen molar-refractivity contribution >= 4 is 30.0 Å². The molecule has 0 saturated carbocycles. The molecule has 2 N–H and O–H groups in total. The molecule has 11 nitrogen and oxygen atoms in total. The molecule has 57 heavy (non-hydrogen) atoms. The minimum Gasteiger partial charge on any atom is -0.480 e. The lowest BCUT2D eigenvalue weighted by Gasteiger charge is -2.61. The Morgan fingerprint density at radius 1 is 0.947 bits per heavy atom. The molecule has 0 spiro atoms. The number of benzene rings is 3. The summed E-state index contributed by atoms with van der Waals surface area (Å²) in [6.07, 6.45) is 0.942. The van der Waals surface area contributed by atoms with E-state index in [1.807, 2.05) is 30.3 Å². The first kappa shape index (κ1) is 40.0. The van der Waals surface area contributed by atoms with E-state index in [2.05, 4.69) is 16.8 Å². The molecule has 3 aromatic rings. The number of hydrogen-bond acceptors (Lipinski definition) is 7. The quantitative estimate of drug-likeness (QED) is 0.206. The summed E-state index contributed by atoms with van der Waals surface area (Å²) >= 11 is 0. The third kappa shape index (κ3) is 7.64. The van der Waals surface area contributed by atoms with E-state index in [-0.39, 0.29) is 24.8 Å². The lowest BCUT2D eigenvalue weighted by molar-refractivity contribution is -0.188. The zero-order valence-corrected chi connectivity index (χ0v) is 31.9. The maximum atomic E-state index is 15.1. The van der Waals surface area contributed by atoms with Crippen LogP contribution in [0.5, 0.6) is 0 Å². The summed E-state index contributed by atoms with van der Waals surface area (Å²) in [5.74, 6) is -2.84. The zero-order valence-electron chi connectivity index (χ0n) is 31.9. The van der Waals surface area contributed by atoms with Crippen LogP contribution in [0.15, 0.2) is 85.4 Å². The number of piperidine rings is 2. The minimum absolute atomic E-state index is 0.0356. The zero-order chi connectivity index (χ0) is 40.5. The average molecular weight is 788 g/mol. The molecular weight excluding hydrogens is 739 g/mol. The van der Waals surface area contributed by atoms with Gasteiger partial charge >= 0.3 is 18.2 Å². The summed E-state index contributed by atoms with van der Waals surface area (Å²) in [6.45, 7) is 7.83. The van der Waals surface area contributed by atoms with Gasteiger partial charge in [-0.25, -0.2) is 4.79 Å². The van der Waals surface area contributed by atoms with Crippen LogP contribution in [0.2, 0.25) is 0 Å². The molecule has 7 rings (SSSR count). The van der Waals surface area contributed by atoms with E-state index < -0.39 is 65.3 Å². The van der Waals surface area contributed by atoms with Gasteiger partial charge in [0.1, 0.15) is 24.2 Å². The lowest BCUT2D eigenvalue weighted by Crippen LogP contribution is -2.80. The number of likely N-dealkylation sites (tertiary alicyclic amines) is 3. The van der Waals surface area contributed by atoms with Gasteiger partial charge in [-0.15, -0.1) is 0 Å².